The molecule has 0 saturated carbocycles. The Balaban J connectivity index is 2.56. The largest absolute Gasteiger partial charge is 0.354 e. The van der Waals surface area contributed by atoms with E-state index >= 15 is 0 Å². The van der Waals surface area contributed by atoms with Gasteiger partial charge in [-0.05, 0) is 12.8 Å². The fraction of sp³-hybridized carbons (Fsp3) is 0.714. The van der Waals surface area contributed by atoms with Crippen molar-refractivity contribution in [3.8, 4) is 6.07 Å². The quantitative estimate of drug-likeness (QED) is 0.786. The van der Waals surface area contributed by atoms with Crippen molar-refractivity contribution in [2.45, 2.75) is 52.9 Å². The van der Waals surface area contributed by atoms with Crippen LogP contribution in [0.3, 0.4) is 0 Å². The highest BCUT2D eigenvalue weighted by Crippen LogP contribution is 2.29. The van der Waals surface area contributed by atoms with Crippen molar-refractivity contribution in [3.63, 3.8) is 0 Å². The molecule has 0 radical (unpaired) electrons. The maximum atomic E-state index is 12.3. The van der Waals surface area contributed by atoms with Crippen LogP contribution in [0.15, 0.2) is 4.52 Å². The minimum atomic E-state index is -0.906. The first-order chi connectivity index (χ1) is 9.57. The van der Waals surface area contributed by atoms with Crippen LogP contribution in [0.5, 0.6) is 0 Å². The normalized spacial score (nSPS) is 11.1. The van der Waals surface area contributed by atoms with Crippen LogP contribution in [-0.2, 0) is 11.2 Å². The van der Waals surface area contributed by atoms with Crippen molar-refractivity contribution >= 4 is 5.91 Å². The Bertz CT molecular complexity index is 470. The lowest BCUT2D eigenvalue weighted by Gasteiger charge is -2.24. The fourth-order valence-corrected chi connectivity index (χ4v) is 2.27. The molecule has 20 heavy (non-hydrogen) atoms. The molecular weight excluding hydrogens is 256 g/mol. The molecule has 1 heterocycles. The zero-order valence-electron chi connectivity index (χ0n) is 12.4. The second kappa shape index (κ2) is 7.63. The summed E-state index contributed by atoms with van der Waals surface area (Å²) in [4.78, 5) is 16.3. The zero-order chi connectivity index (χ0) is 15.0. The number of nitrogens with one attached hydrogen (secondary N) is 1. The summed E-state index contributed by atoms with van der Waals surface area (Å²) in [6.07, 6.45) is 3.30. The number of nitriles is 1. The summed E-state index contributed by atoms with van der Waals surface area (Å²) in [6, 6.07) is 2.21. The van der Waals surface area contributed by atoms with Crippen LogP contribution in [0.4, 0.5) is 0 Å². The lowest BCUT2D eigenvalue weighted by molar-refractivity contribution is -0.128. The van der Waals surface area contributed by atoms with Crippen LogP contribution in [0.1, 0.15) is 51.2 Å². The smallest absolute Gasteiger partial charge is 0.240 e. The Morgan fingerprint density at radius 1 is 1.40 bits per heavy atom. The number of aryl methyl sites for hydroxylation is 1. The van der Waals surface area contributed by atoms with Gasteiger partial charge in [-0.3, -0.25) is 4.79 Å². The van der Waals surface area contributed by atoms with Crippen molar-refractivity contribution in [3.05, 3.63) is 11.7 Å². The number of aromatic nitrogens is 2. The highest BCUT2D eigenvalue weighted by molar-refractivity contribution is 5.85. The Hall–Kier alpha value is -1.90. The summed E-state index contributed by atoms with van der Waals surface area (Å²) in [6.45, 7) is 6.10. The monoisotopic (exact) mass is 278 g/mol. The molecule has 110 valence electrons. The Morgan fingerprint density at radius 2 is 2.05 bits per heavy atom. The molecule has 0 unspecified atom stereocenters. The standard InChI is InChI=1S/C14H22N4O2/c1-4-7-14(10-15,8-5-2)13(19)16-9-6-12-17-11(3)20-18-12/h4-9H2,1-3H3,(H,16,19). The first-order valence-electron chi connectivity index (χ1n) is 7.06. The van der Waals surface area contributed by atoms with E-state index in [2.05, 4.69) is 21.5 Å². The molecule has 0 aromatic carbocycles. The van der Waals surface area contributed by atoms with Gasteiger partial charge in [0.25, 0.3) is 0 Å². The minimum absolute atomic E-state index is 0.191. The van der Waals surface area contributed by atoms with Gasteiger partial charge in [0.2, 0.25) is 11.8 Å². The summed E-state index contributed by atoms with van der Waals surface area (Å²) in [5.74, 6) is 0.884. The Morgan fingerprint density at radius 3 is 2.50 bits per heavy atom. The number of rotatable bonds is 8. The van der Waals surface area contributed by atoms with Gasteiger partial charge in [0.15, 0.2) is 5.82 Å². The predicted octanol–water partition coefficient (Wildman–Crippen LogP) is 2.15. The predicted molar refractivity (Wildman–Crippen MR) is 73.6 cm³/mol. The van der Waals surface area contributed by atoms with Crippen molar-refractivity contribution in [1.82, 2.24) is 15.5 Å². The third-order valence-electron chi connectivity index (χ3n) is 3.21. The molecule has 0 aliphatic carbocycles. The summed E-state index contributed by atoms with van der Waals surface area (Å²) in [5, 5.41) is 16.0. The number of nitrogens with zero attached hydrogens (tertiary/aromatic N) is 3. The summed E-state index contributed by atoms with van der Waals surface area (Å²) < 4.78 is 4.86. The van der Waals surface area contributed by atoms with E-state index in [4.69, 9.17) is 4.52 Å². The van der Waals surface area contributed by atoms with Gasteiger partial charge < -0.3 is 9.84 Å². The van der Waals surface area contributed by atoms with E-state index in [-0.39, 0.29) is 5.91 Å². The van der Waals surface area contributed by atoms with E-state index < -0.39 is 5.41 Å². The molecule has 6 nitrogen and oxygen atoms in total. The lowest BCUT2D eigenvalue weighted by Crippen LogP contribution is -2.41. The number of hydrogen-bond donors (Lipinski definition) is 1. The first-order valence-corrected chi connectivity index (χ1v) is 7.06. The second-order valence-electron chi connectivity index (χ2n) is 4.93. The van der Waals surface area contributed by atoms with Gasteiger partial charge in [0.1, 0.15) is 5.41 Å². The van der Waals surface area contributed by atoms with Crippen LogP contribution in [0.2, 0.25) is 0 Å². The van der Waals surface area contributed by atoms with Crippen molar-refractivity contribution in [1.29, 1.82) is 5.26 Å². The molecule has 0 fully saturated rings. The lowest BCUT2D eigenvalue weighted by atomic mass is 9.80. The molecule has 0 aliphatic heterocycles. The van der Waals surface area contributed by atoms with E-state index in [0.29, 0.717) is 37.5 Å². The Kier molecular flexibility index (Phi) is 6.16. The van der Waals surface area contributed by atoms with Crippen molar-refractivity contribution < 1.29 is 9.32 Å². The number of carbonyl (C=O) groups is 1. The molecule has 6 heteroatoms. The van der Waals surface area contributed by atoms with Crippen LogP contribution in [-0.4, -0.2) is 22.6 Å². The van der Waals surface area contributed by atoms with Gasteiger partial charge in [0, 0.05) is 19.9 Å². The third-order valence-corrected chi connectivity index (χ3v) is 3.21. The first kappa shape index (κ1) is 16.2. The van der Waals surface area contributed by atoms with E-state index in [1.54, 1.807) is 6.92 Å². The summed E-state index contributed by atoms with van der Waals surface area (Å²) >= 11 is 0. The highest BCUT2D eigenvalue weighted by atomic mass is 16.5. The van der Waals surface area contributed by atoms with Crippen molar-refractivity contribution in [2.75, 3.05) is 6.54 Å². The van der Waals surface area contributed by atoms with Gasteiger partial charge in [-0.25, -0.2) is 0 Å². The van der Waals surface area contributed by atoms with E-state index in [1.807, 2.05) is 13.8 Å². The average Bonchev–Trinajstić information content (AvgIpc) is 2.84. The number of hydrogen-bond acceptors (Lipinski definition) is 5. The average molecular weight is 278 g/mol. The van der Waals surface area contributed by atoms with Crippen LogP contribution < -0.4 is 5.32 Å². The maximum Gasteiger partial charge on any atom is 0.240 e. The molecule has 0 saturated heterocycles. The van der Waals surface area contributed by atoms with E-state index in [1.165, 1.54) is 0 Å². The molecule has 0 atom stereocenters. The van der Waals surface area contributed by atoms with E-state index in [0.717, 1.165) is 12.8 Å². The molecule has 1 N–H and O–H groups in total. The molecule has 1 aromatic rings. The second-order valence-corrected chi connectivity index (χ2v) is 4.93. The van der Waals surface area contributed by atoms with Crippen LogP contribution in [0, 0.1) is 23.7 Å². The molecular formula is C14H22N4O2. The molecule has 0 bridgehead atoms. The van der Waals surface area contributed by atoms with Gasteiger partial charge >= 0.3 is 0 Å². The van der Waals surface area contributed by atoms with Gasteiger partial charge in [-0.1, -0.05) is 31.8 Å². The van der Waals surface area contributed by atoms with Crippen LogP contribution in [0.25, 0.3) is 0 Å². The topological polar surface area (TPSA) is 91.8 Å². The van der Waals surface area contributed by atoms with E-state index in [9.17, 15) is 10.1 Å². The van der Waals surface area contributed by atoms with Crippen LogP contribution >= 0.6 is 0 Å². The SMILES string of the molecule is CCCC(C#N)(CCC)C(=O)NCCc1noc(C)n1. The maximum absolute atomic E-state index is 12.3. The van der Waals surface area contributed by atoms with Gasteiger partial charge in [0.05, 0.1) is 6.07 Å². The summed E-state index contributed by atoms with van der Waals surface area (Å²) in [5.41, 5.74) is -0.906. The Labute approximate surface area is 119 Å². The zero-order valence-corrected chi connectivity index (χ0v) is 12.4. The number of amides is 1. The van der Waals surface area contributed by atoms with Crippen molar-refractivity contribution in [2.24, 2.45) is 5.41 Å². The number of carbonyl (C=O) groups excluding carboxylic acids is 1. The highest BCUT2D eigenvalue weighted by Gasteiger charge is 2.36. The molecule has 1 rings (SSSR count). The molecule has 0 spiro atoms. The summed E-state index contributed by atoms with van der Waals surface area (Å²) in [7, 11) is 0. The molecule has 0 aliphatic rings. The van der Waals surface area contributed by atoms with Gasteiger partial charge in [-0.2, -0.15) is 10.2 Å². The fourth-order valence-electron chi connectivity index (χ4n) is 2.27. The molecule has 1 amide bonds. The third kappa shape index (κ3) is 4.05. The van der Waals surface area contributed by atoms with Gasteiger partial charge in [-0.15, -0.1) is 0 Å². The minimum Gasteiger partial charge on any atom is -0.354 e. The molecule has 1 aromatic heterocycles.